The number of carbonyl (C=O) groups is 2. The first kappa shape index (κ1) is 33.9. The van der Waals surface area contributed by atoms with Crippen LogP contribution in [0, 0.1) is 11.6 Å². The van der Waals surface area contributed by atoms with Gasteiger partial charge < -0.3 is 25.2 Å². The minimum atomic E-state index is -5.49. The lowest BCUT2D eigenvalue weighted by atomic mass is 9.81. The van der Waals surface area contributed by atoms with Gasteiger partial charge in [0.05, 0.1) is 31.1 Å². The second kappa shape index (κ2) is 12.5. The minimum Gasteiger partial charge on any atom is -0.489 e. The van der Waals surface area contributed by atoms with Gasteiger partial charge in [0, 0.05) is 22.1 Å². The quantitative estimate of drug-likeness (QED) is 0.192. The zero-order chi connectivity index (χ0) is 35.3. The standard InChI is InChI=1S/C33H27F7N4O5/c1-31(30(46)42-13-25(36)37)15-48-28-22(31)11-24(44-27(28)16-2-4-19(34)5-3-16)32(47,33(38,39)40)14-43-29(45)18-8-17-9-20(35)12-41-26(17)23(10-18)49-21-6-7-21/h2-5,8-12,21,25,47H,6-7,13-15H2,1H3,(H,42,46)(H,43,45)/t31-,32-/m0/s1. The van der Waals surface area contributed by atoms with Crippen molar-refractivity contribution in [3.8, 4) is 22.8 Å². The molecule has 2 atom stereocenters. The van der Waals surface area contributed by atoms with E-state index >= 15 is 0 Å². The van der Waals surface area contributed by atoms with E-state index in [0.717, 1.165) is 43.3 Å². The van der Waals surface area contributed by atoms with Gasteiger partial charge in [0.2, 0.25) is 11.5 Å². The monoisotopic (exact) mass is 692 g/mol. The van der Waals surface area contributed by atoms with Crippen molar-refractivity contribution in [1.29, 1.82) is 0 Å². The highest BCUT2D eigenvalue weighted by Gasteiger charge is 2.58. The first-order valence-corrected chi connectivity index (χ1v) is 14.9. The molecule has 0 spiro atoms. The van der Waals surface area contributed by atoms with Crippen LogP contribution in [0.15, 0.2) is 54.7 Å². The molecule has 0 radical (unpaired) electrons. The topological polar surface area (TPSA) is 123 Å². The summed E-state index contributed by atoms with van der Waals surface area (Å²) in [6.45, 7) is -1.76. The Morgan fingerprint density at radius 1 is 1.06 bits per heavy atom. The Labute approximate surface area is 273 Å². The highest BCUT2D eigenvalue weighted by atomic mass is 19.4. The van der Waals surface area contributed by atoms with Gasteiger partial charge >= 0.3 is 6.18 Å². The summed E-state index contributed by atoms with van der Waals surface area (Å²) in [6, 6.07) is 8.66. The van der Waals surface area contributed by atoms with Crippen LogP contribution in [0.5, 0.6) is 11.5 Å². The van der Waals surface area contributed by atoms with E-state index in [1.165, 1.54) is 31.2 Å². The molecule has 0 unspecified atom stereocenters. The largest absolute Gasteiger partial charge is 0.489 e. The summed E-state index contributed by atoms with van der Waals surface area (Å²) < 4.78 is 110. The molecular formula is C33H27F7N4O5. The number of fused-ring (bicyclic) bond motifs is 2. The first-order chi connectivity index (χ1) is 23.1. The molecule has 4 aromatic rings. The van der Waals surface area contributed by atoms with E-state index in [2.05, 4.69) is 15.3 Å². The molecule has 3 heterocycles. The number of hydrogen-bond acceptors (Lipinski definition) is 7. The van der Waals surface area contributed by atoms with E-state index in [0.29, 0.717) is 0 Å². The molecule has 2 aromatic carbocycles. The highest BCUT2D eigenvalue weighted by Crippen LogP contribution is 2.48. The van der Waals surface area contributed by atoms with Gasteiger partial charge in [-0.1, -0.05) is 0 Å². The maximum atomic E-state index is 14.9. The summed E-state index contributed by atoms with van der Waals surface area (Å²) in [5.74, 6) is -3.56. The summed E-state index contributed by atoms with van der Waals surface area (Å²) in [4.78, 5) is 34.5. The molecule has 0 bridgehead atoms. The van der Waals surface area contributed by atoms with E-state index in [1.807, 2.05) is 5.32 Å². The molecule has 2 aliphatic rings. The second-order valence-corrected chi connectivity index (χ2v) is 12.0. The van der Waals surface area contributed by atoms with Crippen LogP contribution < -0.4 is 20.1 Å². The summed E-state index contributed by atoms with van der Waals surface area (Å²) >= 11 is 0. The van der Waals surface area contributed by atoms with Gasteiger partial charge in [-0.3, -0.25) is 9.59 Å². The van der Waals surface area contributed by atoms with E-state index in [4.69, 9.17) is 9.47 Å². The van der Waals surface area contributed by atoms with Crippen molar-refractivity contribution in [3.05, 3.63) is 83.2 Å². The molecule has 2 amide bonds. The van der Waals surface area contributed by atoms with E-state index < -0.39 is 72.5 Å². The Balaban J connectivity index is 1.40. The third-order valence-electron chi connectivity index (χ3n) is 8.30. The molecule has 1 fully saturated rings. The van der Waals surface area contributed by atoms with Gasteiger partial charge in [0.15, 0.2) is 0 Å². The Bertz CT molecular complexity index is 1940. The van der Waals surface area contributed by atoms with Crippen molar-refractivity contribution < 1.29 is 54.9 Å². The molecular weight excluding hydrogens is 665 g/mol. The average Bonchev–Trinajstić information content (AvgIpc) is 3.81. The van der Waals surface area contributed by atoms with Gasteiger partial charge in [-0.25, -0.2) is 27.5 Å². The van der Waals surface area contributed by atoms with Crippen LogP contribution in [0.3, 0.4) is 0 Å². The van der Waals surface area contributed by atoms with Crippen LogP contribution in [0.2, 0.25) is 0 Å². The Morgan fingerprint density at radius 3 is 2.43 bits per heavy atom. The fourth-order valence-corrected chi connectivity index (χ4v) is 5.37. The number of nitrogens with one attached hydrogen (secondary N) is 2. The molecule has 0 saturated heterocycles. The van der Waals surface area contributed by atoms with Gasteiger partial charge in [0.25, 0.3) is 12.3 Å². The van der Waals surface area contributed by atoms with E-state index in [-0.39, 0.29) is 50.9 Å². The van der Waals surface area contributed by atoms with Gasteiger partial charge in [-0.15, -0.1) is 0 Å². The molecule has 3 N–H and O–H groups in total. The van der Waals surface area contributed by atoms with Gasteiger partial charge in [-0.2, -0.15) is 13.2 Å². The number of amides is 2. The zero-order valence-corrected chi connectivity index (χ0v) is 25.5. The third-order valence-corrected chi connectivity index (χ3v) is 8.30. The maximum absolute atomic E-state index is 14.9. The smallest absolute Gasteiger partial charge is 0.424 e. The summed E-state index contributed by atoms with van der Waals surface area (Å²) in [5.41, 5.74) is -7.25. The molecule has 2 aromatic heterocycles. The molecule has 16 heteroatoms. The Kier molecular flexibility index (Phi) is 8.63. The van der Waals surface area contributed by atoms with Crippen LogP contribution in [0.25, 0.3) is 22.2 Å². The first-order valence-electron chi connectivity index (χ1n) is 14.9. The molecule has 1 aliphatic heterocycles. The van der Waals surface area contributed by atoms with Crippen LogP contribution in [-0.4, -0.2) is 65.3 Å². The second-order valence-electron chi connectivity index (χ2n) is 12.0. The maximum Gasteiger partial charge on any atom is 0.424 e. The number of rotatable bonds is 10. The number of aliphatic hydroxyl groups is 1. The number of ether oxygens (including phenoxy) is 2. The fourth-order valence-electron chi connectivity index (χ4n) is 5.37. The zero-order valence-electron chi connectivity index (χ0n) is 25.5. The lowest BCUT2D eigenvalue weighted by molar-refractivity contribution is -0.265. The van der Waals surface area contributed by atoms with Crippen molar-refractivity contribution in [2.24, 2.45) is 0 Å². The van der Waals surface area contributed by atoms with Gasteiger partial charge in [0.1, 0.15) is 46.4 Å². The Hall–Kier alpha value is -4.99. The number of carbonyl (C=O) groups excluding carboxylic acids is 2. The number of pyridine rings is 2. The third kappa shape index (κ3) is 6.56. The number of aromatic nitrogens is 2. The highest BCUT2D eigenvalue weighted by molar-refractivity contribution is 6.00. The van der Waals surface area contributed by atoms with Gasteiger partial charge in [-0.05, 0) is 68.3 Å². The Morgan fingerprint density at radius 2 is 1.78 bits per heavy atom. The predicted octanol–water partition coefficient (Wildman–Crippen LogP) is 5.33. The van der Waals surface area contributed by atoms with Crippen molar-refractivity contribution in [3.63, 3.8) is 0 Å². The average molecular weight is 693 g/mol. The minimum absolute atomic E-state index is 0.0468. The normalized spacial score (nSPS) is 18.5. The predicted molar refractivity (Wildman–Crippen MR) is 159 cm³/mol. The van der Waals surface area contributed by atoms with Crippen LogP contribution >= 0.6 is 0 Å². The van der Waals surface area contributed by atoms with E-state index in [1.54, 1.807) is 0 Å². The molecule has 1 aliphatic carbocycles. The van der Waals surface area contributed by atoms with Crippen molar-refractivity contribution in [2.75, 3.05) is 19.7 Å². The van der Waals surface area contributed by atoms with Crippen LogP contribution in [0.1, 0.15) is 41.4 Å². The lowest BCUT2D eigenvalue weighted by Gasteiger charge is -2.31. The van der Waals surface area contributed by atoms with Crippen molar-refractivity contribution >= 4 is 22.7 Å². The molecule has 1 saturated carbocycles. The molecule has 6 rings (SSSR count). The van der Waals surface area contributed by atoms with Crippen LogP contribution in [-0.2, 0) is 15.8 Å². The van der Waals surface area contributed by atoms with E-state index in [9.17, 15) is 45.4 Å². The SMILES string of the molecule is C[C@]1(C(=O)NCC(F)F)COc2c1cc([C@@](O)(CNC(=O)c1cc(OC3CC3)c3ncc(F)cc3c1)C(F)(F)F)nc2-c1ccc(F)cc1. The summed E-state index contributed by atoms with van der Waals surface area (Å²) in [7, 11) is 0. The number of benzene rings is 2. The lowest BCUT2D eigenvalue weighted by Crippen LogP contribution is -2.52. The number of nitrogens with zero attached hydrogens (tertiary/aromatic N) is 2. The fraction of sp³-hybridized carbons (Fsp3) is 0.333. The molecule has 9 nitrogen and oxygen atoms in total. The summed E-state index contributed by atoms with van der Waals surface area (Å²) in [5, 5.41) is 15.6. The summed E-state index contributed by atoms with van der Waals surface area (Å²) in [6.07, 6.45) is -6.19. The van der Waals surface area contributed by atoms with Crippen molar-refractivity contribution in [2.45, 2.75) is 49.5 Å². The van der Waals surface area contributed by atoms with Crippen molar-refractivity contribution in [1.82, 2.24) is 20.6 Å². The molecule has 258 valence electrons. The number of halogens is 7. The number of alkyl halides is 5. The number of hydrogen-bond donors (Lipinski definition) is 3. The molecule has 49 heavy (non-hydrogen) atoms. The van der Waals surface area contributed by atoms with Crippen LogP contribution in [0.4, 0.5) is 30.7 Å².